The van der Waals surface area contributed by atoms with Crippen LogP contribution < -0.4 is 10.6 Å². The molecule has 1 aliphatic rings. The van der Waals surface area contributed by atoms with E-state index in [0.717, 1.165) is 23.7 Å². The number of nitrogens with zero attached hydrogens (tertiary/aromatic N) is 2. The SMILES string of the molecule is CCS(=O)(=O)C1CSCCN1c1ccc(C(C)N)nc1. The van der Waals surface area contributed by atoms with E-state index < -0.39 is 15.2 Å². The van der Waals surface area contributed by atoms with Crippen molar-refractivity contribution in [2.45, 2.75) is 25.3 Å². The number of hydrogen-bond donors (Lipinski definition) is 1. The second kappa shape index (κ2) is 6.32. The number of aromatic nitrogens is 1. The molecule has 7 heteroatoms. The Kier molecular flexibility index (Phi) is 4.93. The third-order valence-electron chi connectivity index (χ3n) is 3.47. The highest BCUT2D eigenvalue weighted by atomic mass is 32.2. The Hall–Kier alpha value is -0.790. The molecule has 2 atom stereocenters. The van der Waals surface area contributed by atoms with Crippen molar-refractivity contribution in [3.8, 4) is 0 Å². The highest BCUT2D eigenvalue weighted by Crippen LogP contribution is 2.27. The predicted octanol–water partition coefficient (Wildman–Crippen LogP) is 1.42. The minimum atomic E-state index is -3.09. The molecule has 1 fully saturated rings. The van der Waals surface area contributed by atoms with Crippen LogP contribution in [0.15, 0.2) is 18.3 Å². The lowest BCUT2D eigenvalue weighted by Crippen LogP contribution is -2.48. The smallest absolute Gasteiger partial charge is 0.171 e. The van der Waals surface area contributed by atoms with E-state index in [1.165, 1.54) is 0 Å². The Morgan fingerprint density at radius 3 is 2.85 bits per heavy atom. The number of pyridine rings is 1. The van der Waals surface area contributed by atoms with Crippen LogP contribution in [0.5, 0.6) is 0 Å². The van der Waals surface area contributed by atoms with Crippen molar-refractivity contribution in [2.24, 2.45) is 5.73 Å². The van der Waals surface area contributed by atoms with Crippen molar-refractivity contribution in [2.75, 3.05) is 28.7 Å². The summed E-state index contributed by atoms with van der Waals surface area (Å²) in [5, 5.41) is -0.450. The summed E-state index contributed by atoms with van der Waals surface area (Å²) in [6, 6.07) is 3.67. The molecule has 0 aliphatic carbocycles. The van der Waals surface area contributed by atoms with Crippen molar-refractivity contribution in [3.63, 3.8) is 0 Å². The fourth-order valence-electron chi connectivity index (χ4n) is 2.20. The molecular weight excluding hydrogens is 294 g/mol. The van der Waals surface area contributed by atoms with Crippen molar-refractivity contribution in [1.82, 2.24) is 4.98 Å². The van der Waals surface area contributed by atoms with Gasteiger partial charge in [0.15, 0.2) is 9.84 Å². The molecule has 0 radical (unpaired) electrons. The van der Waals surface area contributed by atoms with Crippen molar-refractivity contribution in [3.05, 3.63) is 24.0 Å². The molecule has 0 amide bonds. The quantitative estimate of drug-likeness (QED) is 0.905. The number of rotatable bonds is 4. The van der Waals surface area contributed by atoms with Gasteiger partial charge in [0.05, 0.1) is 17.6 Å². The molecule has 0 spiro atoms. The summed E-state index contributed by atoms with van der Waals surface area (Å²) in [7, 11) is -3.09. The van der Waals surface area contributed by atoms with Gasteiger partial charge in [-0.25, -0.2) is 8.42 Å². The third-order valence-corrected chi connectivity index (χ3v) is 6.76. The van der Waals surface area contributed by atoms with Crippen molar-refractivity contribution < 1.29 is 8.42 Å². The molecule has 2 N–H and O–H groups in total. The van der Waals surface area contributed by atoms with E-state index in [0.29, 0.717) is 5.75 Å². The Morgan fingerprint density at radius 2 is 2.30 bits per heavy atom. The molecule has 1 aromatic heterocycles. The zero-order valence-electron chi connectivity index (χ0n) is 11.8. The Balaban J connectivity index is 2.28. The average molecular weight is 315 g/mol. The van der Waals surface area contributed by atoms with E-state index in [1.807, 2.05) is 24.0 Å². The van der Waals surface area contributed by atoms with E-state index in [4.69, 9.17) is 5.73 Å². The Bertz CT molecular complexity index is 543. The lowest BCUT2D eigenvalue weighted by molar-refractivity contribution is 0.579. The van der Waals surface area contributed by atoms with Gasteiger partial charge in [-0.2, -0.15) is 11.8 Å². The first-order valence-electron chi connectivity index (χ1n) is 6.73. The van der Waals surface area contributed by atoms with Crippen LogP contribution in [0.3, 0.4) is 0 Å². The highest BCUT2D eigenvalue weighted by molar-refractivity contribution is 8.01. The zero-order valence-corrected chi connectivity index (χ0v) is 13.5. The van der Waals surface area contributed by atoms with Gasteiger partial charge in [-0.15, -0.1) is 0 Å². The van der Waals surface area contributed by atoms with Crippen LogP contribution >= 0.6 is 11.8 Å². The molecule has 112 valence electrons. The standard InChI is InChI=1S/C13H21N3O2S2/c1-3-20(17,18)13-9-19-7-6-16(13)11-4-5-12(10(2)14)15-8-11/h4-5,8,10,13H,3,6-7,9,14H2,1-2H3. The number of nitrogens with two attached hydrogens (primary N) is 1. The molecule has 2 heterocycles. The summed E-state index contributed by atoms with van der Waals surface area (Å²) < 4.78 is 24.4. The summed E-state index contributed by atoms with van der Waals surface area (Å²) >= 11 is 1.69. The third kappa shape index (κ3) is 3.27. The summed E-state index contributed by atoms with van der Waals surface area (Å²) in [5.74, 6) is 1.72. The molecule has 2 unspecified atom stereocenters. The first-order valence-corrected chi connectivity index (χ1v) is 9.60. The fourth-order valence-corrected chi connectivity index (χ4v) is 5.19. The molecule has 1 saturated heterocycles. The topological polar surface area (TPSA) is 76.3 Å². The Labute approximate surface area is 124 Å². The van der Waals surface area contributed by atoms with Crippen LogP contribution in [-0.2, 0) is 9.84 Å². The van der Waals surface area contributed by atoms with Crippen LogP contribution in [0.2, 0.25) is 0 Å². The van der Waals surface area contributed by atoms with E-state index in [1.54, 1.807) is 24.9 Å². The Morgan fingerprint density at radius 1 is 1.55 bits per heavy atom. The van der Waals surface area contributed by atoms with Gasteiger partial charge >= 0.3 is 0 Å². The van der Waals surface area contributed by atoms with E-state index in [2.05, 4.69) is 4.98 Å². The molecule has 0 bridgehead atoms. The van der Waals surface area contributed by atoms with E-state index >= 15 is 0 Å². The molecule has 0 saturated carbocycles. The first-order chi connectivity index (χ1) is 9.45. The minimum absolute atomic E-state index is 0.115. The summed E-state index contributed by atoms with van der Waals surface area (Å²) in [5.41, 5.74) is 7.46. The number of hydrogen-bond acceptors (Lipinski definition) is 6. The van der Waals surface area contributed by atoms with Gasteiger partial charge in [-0.1, -0.05) is 6.92 Å². The maximum absolute atomic E-state index is 12.2. The van der Waals surface area contributed by atoms with E-state index in [9.17, 15) is 8.42 Å². The maximum Gasteiger partial charge on any atom is 0.171 e. The summed E-state index contributed by atoms with van der Waals surface area (Å²) in [6.07, 6.45) is 1.73. The lowest BCUT2D eigenvalue weighted by Gasteiger charge is -2.36. The monoisotopic (exact) mass is 315 g/mol. The van der Waals surface area contributed by atoms with Gasteiger partial charge in [0.25, 0.3) is 0 Å². The van der Waals surface area contributed by atoms with Crippen molar-refractivity contribution in [1.29, 1.82) is 0 Å². The number of anilines is 1. The normalized spacial score (nSPS) is 21.8. The molecule has 5 nitrogen and oxygen atoms in total. The number of thioether (sulfide) groups is 1. The van der Waals surface area contributed by atoms with Crippen LogP contribution in [0.25, 0.3) is 0 Å². The van der Waals surface area contributed by atoms with E-state index in [-0.39, 0.29) is 11.8 Å². The number of sulfone groups is 1. The summed E-state index contributed by atoms with van der Waals surface area (Å²) in [6.45, 7) is 4.31. The van der Waals surface area contributed by atoms with Gasteiger partial charge < -0.3 is 10.6 Å². The lowest BCUT2D eigenvalue weighted by atomic mass is 10.2. The van der Waals surface area contributed by atoms with Gasteiger partial charge in [0, 0.05) is 29.8 Å². The average Bonchev–Trinajstić information content (AvgIpc) is 2.47. The summed E-state index contributed by atoms with van der Waals surface area (Å²) in [4.78, 5) is 6.28. The molecular formula is C13H21N3O2S2. The highest BCUT2D eigenvalue weighted by Gasteiger charge is 2.33. The van der Waals surface area contributed by atoms with Crippen LogP contribution in [-0.4, -0.2) is 42.6 Å². The molecule has 20 heavy (non-hydrogen) atoms. The maximum atomic E-state index is 12.2. The van der Waals surface area contributed by atoms with Crippen LogP contribution in [0, 0.1) is 0 Å². The molecule has 1 aromatic rings. The van der Waals surface area contributed by atoms with Crippen LogP contribution in [0.4, 0.5) is 5.69 Å². The predicted molar refractivity (Wildman–Crippen MR) is 84.8 cm³/mol. The van der Waals surface area contributed by atoms with Gasteiger partial charge in [-0.3, -0.25) is 4.98 Å². The van der Waals surface area contributed by atoms with Crippen LogP contribution in [0.1, 0.15) is 25.6 Å². The fraction of sp³-hybridized carbons (Fsp3) is 0.615. The van der Waals surface area contributed by atoms with Gasteiger partial charge in [0.2, 0.25) is 0 Å². The first kappa shape index (κ1) is 15.6. The van der Waals surface area contributed by atoms with Gasteiger partial charge in [0.1, 0.15) is 5.37 Å². The molecule has 1 aliphatic heterocycles. The molecule has 2 rings (SSSR count). The zero-order chi connectivity index (χ0) is 14.8. The van der Waals surface area contributed by atoms with Gasteiger partial charge in [-0.05, 0) is 19.1 Å². The largest absolute Gasteiger partial charge is 0.352 e. The minimum Gasteiger partial charge on any atom is -0.352 e. The second-order valence-electron chi connectivity index (χ2n) is 4.90. The second-order valence-corrected chi connectivity index (χ2v) is 8.50. The molecule has 0 aromatic carbocycles. The van der Waals surface area contributed by atoms with Crippen molar-refractivity contribution >= 4 is 27.3 Å².